The third kappa shape index (κ3) is 41.6. The van der Waals surface area contributed by atoms with E-state index in [2.05, 4.69) is 79.1 Å². The van der Waals surface area contributed by atoms with Gasteiger partial charge in [0.25, 0.3) is 0 Å². The molecule has 0 aliphatic heterocycles. The molecule has 0 aromatic heterocycles. The van der Waals surface area contributed by atoms with Gasteiger partial charge in [0.15, 0.2) is 6.10 Å². The molecule has 0 aromatic carbocycles. The lowest BCUT2D eigenvalue weighted by atomic mass is 10.1. The fourth-order valence-electron chi connectivity index (χ4n) is 5.68. The van der Waals surface area contributed by atoms with Crippen LogP contribution in [0.15, 0.2) is 60.8 Å². The Labute approximate surface area is 346 Å². The smallest absolute Gasteiger partial charge is 0.462 e. The summed E-state index contributed by atoms with van der Waals surface area (Å²) < 4.78 is 32.7. The molecular formula is C46H81O10P. The van der Waals surface area contributed by atoms with Gasteiger partial charge in [0, 0.05) is 12.8 Å². The van der Waals surface area contributed by atoms with Gasteiger partial charge in [0.1, 0.15) is 12.7 Å². The third-order valence-electron chi connectivity index (χ3n) is 9.14. The van der Waals surface area contributed by atoms with Crippen LogP contribution < -0.4 is 0 Å². The second-order valence-electron chi connectivity index (χ2n) is 14.7. The number of carbonyl (C=O) groups excluding carboxylic acids is 2. The van der Waals surface area contributed by atoms with Crippen LogP contribution in [0.5, 0.6) is 0 Å². The van der Waals surface area contributed by atoms with Crippen molar-refractivity contribution in [1.29, 1.82) is 0 Å². The van der Waals surface area contributed by atoms with Gasteiger partial charge in [-0.05, 0) is 83.5 Å². The van der Waals surface area contributed by atoms with Crippen LogP contribution in [0.25, 0.3) is 0 Å². The lowest BCUT2D eigenvalue weighted by Gasteiger charge is -2.20. The highest BCUT2D eigenvalue weighted by Crippen LogP contribution is 2.43. The Morgan fingerprint density at radius 2 is 0.912 bits per heavy atom. The number of aliphatic hydroxyl groups is 2. The number of rotatable bonds is 41. The first-order valence-corrected chi connectivity index (χ1v) is 23.7. The maximum absolute atomic E-state index is 12.6. The molecule has 0 saturated carbocycles. The van der Waals surface area contributed by atoms with E-state index in [0.29, 0.717) is 12.8 Å². The molecule has 11 heteroatoms. The standard InChI is InChI=1S/C46H81O10P/c1-3-5-7-9-11-13-15-17-19-20-21-22-24-25-27-29-31-33-35-37-45(49)53-41-44(42-55-57(51,52)54-40-43(48)39-47)56-46(50)38-36-34-32-30-28-26-23-18-16-14-12-10-8-6-4-2/h11,13,17-19,21-23,25,27,43-44,47-48H,3-10,12,14-16,20,24,26,28-42H2,1-2H3,(H,51,52)/b13-11+,19-17+,22-21+,23-18+,27-25+/t43-,44+/m0/s1. The molecule has 0 aliphatic rings. The second kappa shape index (κ2) is 41.8. The average Bonchev–Trinajstić information content (AvgIpc) is 3.20. The number of carbonyl (C=O) groups is 2. The van der Waals surface area contributed by atoms with Crippen molar-refractivity contribution in [2.75, 3.05) is 26.4 Å². The molecule has 0 spiro atoms. The van der Waals surface area contributed by atoms with Gasteiger partial charge in [0.05, 0.1) is 19.8 Å². The van der Waals surface area contributed by atoms with Crippen LogP contribution in [0.1, 0.15) is 181 Å². The topological polar surface area (TPSA) is 149 Å². The van der Waals surface area contributed by atoms with Crippen LogP contribution in [-0.4, -0.2) is 65.7 Å². The fourth-order valence-corrected chi connectivity index (χ4v) is 6.47. The minimum atomic E-state index is -4.63. The number of aliphatic hydroxyl groups excluding tert-OH is 2. The Balaban J connectivity index is 4.36. The van der Waals surface area contributed by atoms with E-state index in [4.69, 9.17) is 19.1 Å². The van der Waals surface area contributed by atoms with E-state index < -0.39 is 51.8 Å². The van der Waals surface area contributed by atoms with E-state index in [1.165, 1.54) is 64.2 Å². The van der Waals surface area contributed by atoms with Gasteiger partial charge in [-0.25, -0.2) is 4.57 Å². The molecule has 0 radical (unpaired) electrons. The zero-order valence-corrected chi connectivity index (χ0v) is 36.7. The molecule has 1 unspecified atom stereocenters. The lowest BCUT2D eigenvalue weighted by molar-refractivity contribution is -0.161. The summed E-state index contributed by atoms with van der Waals surface area (Å²) in [6, 6.07) is 0. The molecule has 0 fully saturated rings. The number of phosphoric ester groups is 1. The lowest BCUT2D eigenvalue weighted by Crippen LogP contribution is -2.29. The molecule has 0 heterocycles. The van der Waals surface area contributed by atoms with E-state index in [1.807, 2.05) is 0 Å². The number of phosphoric acid groups is 1. The van der Waals surface area contributed by atoms with Crippen molar-refractivity contribution in [3.05, 3.63) is 60.8 Å². The molecule has 0 aliphatic carbocycles. The van der Waals surface area contributed by atoms with Crippen molar-refractivity contribution in [3.63, 3.8) is 0 Å². The maximum Gasteiger partial charge on any atom is 0.472 e. The average molecular weight is 825 g/mol. The first-order valence-electron chi connectivity index (χ1n) is 22.2. The summed E-state index contributed by atoms with van der Waals surface area (Å²) in [5.74, 6) is -0.973. The van der Waals surface area contributed by atoms with Crippen LogP contribution >= 0.6 is 7.82 Å². The van der Waals surface area contributed by atoms with Gasteiger partial charge >= 0.3 is 19.8 Å². The zero-order valence-electron chi connectivity index (χ0n) is 35.8. The molecule has 57 heavy (non-hydrogen) atoms. The molecule has 0 saturated heterocycles. The Morgan fingerprint density at radius 3 is 1.44 bits per heavy atom. The van der Waals surface area contributed by atoms with Crippen LogP contribution in [-0.2, 0) is 32.7 Å². The maximum atomic E-state index is 12.6. The Kier molecular flexibility index (Phi) is 40.1. The zero-order chi connectivity index (χ0) is 41.9. The number of hydrogen-bond donors (Lipinski definition) is 3. The van der Waals surface area contributed by atoms with Crippen LogP contribution in [0.2, 0.25) is 0 Å². The highest BCUT2D eigenvalue weighted by molar-refractivity contribution is 7.47. The van der Waals surface area contributed by atoms with Crippen molar-refractivity contribution in [2.24, 2.45) is 0 Å². The molecule has 10 nitrogen and oxygen atoms in total. The third-order valence-corrected chi connectivity index (χ3v) is 10.1. The van der Waals surface area contributed by atoms with E-state index >= 15 is 0 Å². The molecule has 0 bridgehead atoms. The molecule has 330 valence electrons. The van der Waals surface area contributed by atoms with Crippen molar-refractivity contribution in [3.8, 4) is 0 Å². The monoisotopic (exact) mass is 825 g/mol. The largest absolute Gasteiger partial charge is 0.472 e. The number of unbranched alkanes of at least 4 members (excludes halogenated alkanes) is 17. The Morgan fingerprint density at radius 1 is 0.526 bits per heavy atom. The minimum absolute atomic E-state index is 0.165. The van der Waals surface area contributed by atoms with Crippen LogP contribution in [0, 0.1) is 0 Å². The van der Waals surface area contributed by atoms with Gasteiger partial charge in [-0.15, -0.1) is 0 Å². The number of hydrogen-bond acceptors (Lipinski definition) is 9. The summed E-state index contributed by atoms with van der Waals surface area (Å²) in [6.07, 6.45) is 46.1. The molecule has 0 amide bonds. The van der Waals surface area contributed by atoms with Gasteiger partial charge in [-0.1, -0.05) is 145 Å². The summed E-state index contributed by atoms with van der Waals surface area (Å²) in [6.45, 7) is 2.29. The normalized spacial score (nSPS) is 14.4. The SMILES string of the molecule is CCCCC/C=C/C/C=C/C/C=C/C/C=C/CCCCCC(=O)OC[C@H](COP(=O)(O)OC[C@@H](O)CO)OC(=O)CCCCCCC/C=C/CCCCCCCC. The number of allylic oxidation sites excluding steroid dienone is 10. The summed E-state index contributed by atoms with van der Waals surface area (Å²) in [4.78, 5) is 35.0. The Bertz CT molecular complexity index is 1130. The minimum Gasteiger partial charge on any atom is -0.462 e. The van der Waals surface area contributed by atoms with Gasteiger partial charge in [-0.3, -0.25) is 18.6 Å². The van der Waals surface area contributed by atoms with Gasteiger partial charge in [0.2, 0.25) is 0 Å². The van der Waals surface area contributed by atoms with Crippen molar-refractivity contribution < 1.29 is 47.8 Å². The van der Waals surface area contributed by atoms with Crippen LogP contribution in [0.3, 0.4) is 0 Å². The summed E-state index contributed by atoms with van der Waals surface area (Å²) in [5, 5.41) is 18.3. The summed E-state index contributed by atoms with van der Waals surface area (Å²) in [7, 11) is -4.63. The first-order chi connectivity index (χ1) is 27.7. The predicted molar refractivity (Wildman–Crippen MR) is 233 cm³/mol. The first kappa shape index (κ1) is 54.7. The van der Waals surface area contributed by atoms with E-state index in [-0.39, 0.29) is 19.4 Å². The van der Waals surface area contributed by atoms with Crippen molar-refractivity contribution >= 4 is 19.8 Å². The molecule has 3 atom stereocenters. The highest BCUT2D eigenvalue weighted by atomic mass is 31.2. The van der Waals surface area contributed by atoms with E-state index in [9.17, 15) is 24.2 Å². The Hall–Kier alpha value is -2.33. The summed E-state index contributed by atoms with van der Waals surface area (Å²) >= 11 is 0. The van der Waals surface area contributed by atoms with E-state index in [1.54, 1.807) is 0 Å². The summed E-state index contributed by atoms with van der Waals surface area (Å²) in [5.41, 5.74) is 0. The van der Waals surface area contributed by atoms with Gasteiger partial charge in [-0.2, -0.15) is 0 Å². The number of esters is 2. The van der Waals surface area contributed by atoms with Gasteiger partial charge < -0.3 is 24.6 Å². The molecule has 0 rings (SSSR count). The van der Waals surface area contributed by atoms with E-state index in [0.717, 1.165) is 77.0 Å². The molecule has 3 N–H and O–H groups in total. The second-order valence-corrected chi connectivity index (χ2v) is 16.2. The molecular weight excluding hydrogens is 743 g/mol. The van der Waals surface area contributed by atoms with Crippen LogP contribution in [0.4, 0.5) is 0 Å². The highest BCUT2D eigenvalue weighted by Gasteiger charge is 2.27. The molecule has 0 aromatic rings. The number of ether oxygens (including phenoxy) is 2. The van der Waals surface area contributed by atoms with Crippen molar-refractivity contribution in [1.82, 2.24) is 0 Å². The van der Waals surface area contributed by atoms with Crippen molar-refractivity contribution in [2.45, 2.75) is 193 Å². The fraction of sp³-hybridized carbons (Fsp3) is 0.739. The predicted octanol–water partition coefficient (Wildman–Crippen LogP) is 11.9. The quantitative estimate of drug-likeness (QED) is 0.0235.